The van der Waals surface area contributed by atoms with Gasteiger partial charge in [0.2, 0.25) is 10.0 Å². The van der Waals surface area contributed by atoms with Crippen molar-refractivity contribution < 1.29 is 13.2 Å². The van der Waals surface area contributed by atoms with Gasteiger partial charge in [0.25, 0.3) is 0 Å². The van der Waals surface area contributed by atoms with Gasteiger partial charge in [-0.1, -0.05) is 0 Å². The molecule has 0 spiro atoms. The summed E-state index contributed by atoms with van der Waals surface area (Å²) in [7, 11) is -2.12. The first-order valence-corrected chi connectivity index (χ1v) is 7.51. The molecule has 1 N–H and O–H groups in total. The van der Waals surface area contributed by atoms with Crippen LogP contribution < -0.4 is 4.72 Å². The van der Waals surface area contributed by atoms with Gasteiger partial charge in [-0.25, -0.2) is 23.1 Å². The second-order valence-corrected chi connectivity index (χ2v) is 5.88. The van der Waals surface area contributed by atoms with Crippen LogP contribution in [0.4, 0.5) is 5.82 Å². The Kier molecular flexibility index (Phi) is 4.30. The van der Waals surface area contributed by atoms with Crippen molar-refractivity contribution in [2.75, 3.05) is 17.6 Å². The summed E-state index contributed by atoms with van der Waals surface area (Å²) in [5.74, 6) is 0.268. The molecule has 0 radical (unpaired) electrons. The Morgan fingerprint density at radius 3 is 2.75 bits per heavy atom. The van der Waals surface area contributed by atoms with Gasteiger partial charge in [0.05, 0.1) is 11.9 Å². The van der Waals surface area contributed by atoms with Crippen molar-refractivity contribution in [2.24, 2.45) is 0 Å². The third kappa shape index (κ3) is 3.52. The lowest BCUT2D eigenvalue weighted by molar-refractivity contribution is 0.136. The first-order chi connectivity index (χ1) is 9.52. The Balaban J connectivity index is 2.26. The van der Waals surface area contributed by atoms with Crippen molar-refractivity contribution in [3.63, 3.8) is 0 Å². The Bertz CT molecular complexity index is 656. The van der Waals surface area contributed by atoms with Gasteiger partial charge >= 0.3 is 0 Å². The molecule has 1 unspecified atom stereocenters. The molecule has 2 heterocycles. The maximum atomic E-state index is 12.0. The molecule has 2 aromatic rings. The molecule has 2 aromatic heterocycles. The monoisotopic (exact) mass is 297 g/mol. The zero-order chi connectivity index (χ0) is 14.6. The lowest BCUT2D eigenvalue weighted by Crippen LogP contribution is -2.26. The number of sulfonamides is 1. The molecule has 0 aliphatic heterocycles. The molecule has 0 bridgehead atoms. The van der Waals surface area contributed by atoms with Gasteiger partial charge in [0.15, 0.2) is 11.6 Å². The molecule has 0 aliphatic carbocycles. The number of nitrogens with one attached hydrogen (secondary N) is 1. The molecule has 0 fully saturated rings. The molecular weight excluding hydrogens is 282 g/mol. The van der Waals surface area contributed by atoms with Gasteiger partial charge in [-0.3, -0.25) is 4.72 Å². The highest BCUT2D eigenvalue weighted by atomic mass is 32.2. The summed E-state index contributed by atoms with van der Waals surface area (Å²) in [6.07, 6.45) is 5.67. The maximum Gasteiger partial charge on any atom is 0.236 e. The quantitative estimate of drug-likeness (QED) is 0.830. The Morgan fingerprint density at radius 2 is 2.10 bits per heavy atom. The van der Waals surface area contributed by atoms with E-state index in [4.69, 9.17) is 4.74 Å². The number of nitrogens with zero attached hydrogens (tertiary/aromatic N) is 4. The number of anilines is 1. The second kappa shape index (κ2) is 5.97. The van der Waals surface area contributed by atoms with Crippen molar-refractivity contribution >= 4 is 15.8 Å². The summed E-state index contributed by atoms with van der Waals surface area (Å²) in [6, 6.07) is 1.71. The van der Waals surface area contributed by atoms with Crippen LogP contribution in [0.1, 0.15) is 6.92 Å². The third-order valence-electron chi connectivity index (χ3n) is 2.51. The molecule has 9 heteroatoms. The zero-order valence-electron chi connectivity index (χ0n) is 11.1. The predicted molar refractivity (Wildman–Crippen MR) is 73.0 cm³/mol. The van der Waals surface area contributed by atoms with E-state index in [0.717, 1.165) is 0 Å². The van der Waals surface area contributed by atoms with Crippen LogP contribution in [-0.4, -0.2) is 47.1 Å². The molecule has 0 aliphatic rings. The summed E-state index contributed by atoms with van der Waals surface area (Å²) in [6.45, 7) is 1.67. The van der Waals surface area contributed by atoms with Gasteiger partial charge in [0, 0.05) is 31.9 Å². The van der Waals surface area contributed by atoms with Crippen LogP contribution >= 0.6 is 0 Å². The second-order valence-electron chi connectivity index (χ2n) is 4.11. The van der Waals surface area contributed by atoms with Crippen molar-refractivity contribution in [2.45, 2.75) is 13.0 Å². The van der Waals surface area contributed by atoms with E-state index < -0.39 is 16.1 Å². The van der Waals surface area contributed by atoms with E-state index in [9.17, 15) is 8.42 Å². The fraction of sp³-hybridized carbons (Fsp3) is 0.364. The van der Waals surface area contributed by atoms with E-state index in [1.165, 1.54) is 24.2 Å². The molecule has 0 amide bonds. The number of hydrogen-bond acceptors (Lipinski definition) is 6. The summed E-state index contributed by atoms with van der Waals surface area (Å²) in [5, 5.41) is 4.01. The average Bonchev–Trinajstić information content (AvgIpc) is 2.92. The van der Waals surface area contributed by atoms with Crippen LogP contribution in [0, 0.1) is 0 Å². The predicted octanol–water partition coefficient (Wildman–Crippen LogP) is 0.439. The zero-order valence-corrected chi connectivity index (χ0v) is 11.9. The molecule has 1 atom stereocenters. The highest BCUT2D eigenvalue weighted by Crippen LogP contribution is 2.15. The van der Waals surface area contributed by atoms with Crippen LogP contribution in [0.3, 0.4) is 0 Å². The van der Waals surface area contributed by atoms with Crippen LogP contribution in [0.25, 0.3) is 5.82 Å². The topological polar surface area (TPSA) is 99.0 Å². The van der Waals surface area contributed by atoms with E-state index in [2.05, 4.69) is 19.8 Å². The SMILES string of the molecule is COC(C)CS(=O)(=O)Nc1nccnc1-n1cccn1. The third-order valence-corrected chi connectivity index (χ3v) is 3.92. The summed E-state index contributed by atoms with van der Waals surface area (Å²) in [5.41, 5.74) is 0. The number of aromatic nitrogens is 4. The number of methoxy groups -OCH3 is 1. The highest BCUT2D eigenvalue weighted by Gasteiger charge is 2.19. The summed E-state index contributed by atoms with van der Waals surface area (Å²) < 4.78 is 32.8. The van der Waals surface area contributed by atoms with Gasteiger partial charge in [-0.05, 0) is 13.0 Å². The van der Waals surface area contributed by atoms with Gasteiger partial charge in [0.1, 0.15) is 0 Å². The average molecular weight is 297 g/mol. The van der Waals surface area contributed by atoms with E-state index in [1.54, 1.807) is 25.4 Å². The van der Waals surface area contributed by atoms with E-state index >= 15 is 0 Å². The highest BCUT2D eigenvalue weighted by molar-refractivity contribution is 7.92. The van der Waals surface area contributed by atoms with Crippen LogP contribution in [0.2, 0.25) is 0 Å². The molecule has 20 heavy (non-hydrogen) atoms. The number of rotatable bonds is 6. The summed E-state index contributed by atoms with van der Waals surface area (Å²) in [4.78, 5) is 8.08. The largest absolute Gasteiger partial charge is 0.381 e. The van der Waals surface area contributed by atoms with Crippen molar-refractivity contribution in [1.82, 2.24) is 19.7 Å². The van der Waals surface area contributed by atoms with Gasteiger partial charge in [-0.2, -0.15) is 5.10 Å². The smallest absolute Gasteiger partial charge is 0.236 e. The molecule has 0 saturated heterocycles. The fourth-order valence-electron chi connectivity index (χ4n) is 1.53. The number of hydrogen-bond donors (Lipinski definition) is 1. The van der Waals surface area contributed by atoms with Crippen LogP contribution in [0.15, 0.2) is 30.9 Å². The first-order valence-electron chi connectivity index (χ1n) is 5.86. The maximum absolute atomic E-state index is 12.0. The lowest BCUT2D eigenvalue weighted by atomic mass is 10.5. The minimum atomic E-state index is -3.58. The van der Waals surface area contributed by atoms with Gasteiger partial charge in [-0.15, -0.1) is 0 Å². The van der Waals surface area contributed by atoms with Crippen LogP contribution in [-0.2, 0) is 14.8 Å². The van der Waals surface area contributed by atoms with E-state index in [-0.39, 0.29) is 11.6 Å². The van der Waals surface area contributed by atoms with Crippen LogP contribution in [0.5, 0.6) is 0 Å². The normalized spacial score (nSPS) is 13.1. The van der Waals surface area contributed by atoms with E-state index in [0.29, 0.717) is 5.82 Å². The minimum Gasteiger partial charge on any atom is -0.381 e. The number of ether oxygens (including phenoxy) is 1. The standard InChI is InChI=1S/C11H15N5O3S/c1-9(19-2)8-20(17,18)15-10-11(13-6-5-12-10)16-7-3-4-14-16/h3-7,9H,8H2,1-2H3,(H,12,15). The van der Waals surface area contributed by atoms with Gasteiger partial charge < -0.3 is 4.74 Å². The van der Waals surface area contributed by atoms with E-state index in [1.807, 2.05) is 0 Å². The minimum absolute atomic E-state index is 0.125. The molecule has 0 saturated carbocycles. The fourth-order valence-corrected chi connectivity index (χ4v) is 2.81. The molecule has 0 aromatic carbocycles. The Hall–Kier alpha value is -2.00. The molecule has 2 rings (SSSR count). The molecule has 108 valence electrons. The van der Waals surface area contributed by atoms with Crippen molar-refractivity contribution in [1.29, 1.82) is 0 Å². The molecule has 8 nitrogen and oxygen atoms in total. The lowest BCUT2D eigenvalue weighted by Gasteiger charge is -2.13. The summed E-state index contributed by atoms with van der Waals surface area (Å²) >= 11 is 0. The van der Waals surface area contributed by atoms with Crippen molar-refractivity contribution in [3.8, 4) is 5.82 Å². The Labute approximate surface area is 116 Å². The first kappa shape index (κ1) is 14.4. The molecular formula is C11H15N5O3S. The Morgan fingerprint density at radius 1 is 1.35 bits per heavy atom. The van der Waals surface area contributed by atoms with Crippen molar-refractivity contribution in [3.05, 3.63) is 30.9 Å².